The van der Waals surface area contributed by atoms with Gasteiger partial charge in [-0.15, -0.1) is 0 Å². The van der Waals surface area contributed by atoms with Crippen LogP contribution in [0.5, 0.6) is 0 Å². The topological polar surface area (TPSA) is 199 Å². The van der Waals surface area contributed by atoms with E-state index in [0.717, 1.165) is 4.90 Å². The monoisotopic (exact) mass is 430 g/mol. The van der Waals surface area contributed by atoms with Crippen molar-refractivity contribution < 1.29 is 39.3 Å². The molecule has 0 radical (unpaired) electrons. The minimum atomic E-state index is -1.50. The summed E-state index contributed by atoms with van der Waals surface area (Å²) in [6.45, 7) is 2.94. The minimum Gasteiger partial charge on any atom is -0.481 e. The summed E-state index contributed by atoms with van der Waals surface area (Å²) in [5.74, 6) is -5.33. The summed E-state index contributed by atoms with van der Waals surface area (Å²) in [6.07, 6.45) is 0.405. The molecule has 3 amide bonds. The number of likely N-dealkylation sites (tertiary alicyclic amines) is 1. The predicted octanol–water partition coefficient (Wildman–Crippen LogP) is -2.13. The molecule has 1 heterocycles. The van der Waals surface area contributed by atoms with E-state index in [1.807, 2.05) is 0 Å². The maximum atomic E-state index is 12.8. The van der Waals surface area contributed by atoms with E-state index in [9.17, 15) is 29.1 Å². The Hall–Kier alpha value is -2.73. The van der Waals surface area contributed by atoms with Crippen molar-refractivity contribution in [2.75, 3.05) is 13.2 Å². The summed E-state index contributed by atoms with van der Waals surface area (Å²) in [6, 6.07) is -4.96. The highest BCUT2D eigenvalue weighted by atomic mass is 16.4. The van der Waals surface area contributed by atoms with Gasteiger partial charge in [-0.2, -0.15) is 0 Å². The largest absolute Gasteiger partial charge is 0.481 e. The molecule has 0 aromatic carbocycles. The van der Waals surface area contributed by atoms with Crippen LogP contribution in [0.25, 0.3) is 0 Å². The molecule has 5 atom stereocenters. The van der Waals surface area contributed by atoms with Crippen molar-refractivity contribution in [2.24, 2.45) is 11.7 Å². The summed E-state index contributed by atoms with van der Waals surface area (Å²) in [7, 11) is 0. The highest BCUT2D eigenvalue weighted by molar-refractivity contribution is 5.96. The van der Waals surface area contributed by atoms with Crippen molar-refractivity contribution in [1.82, 2.24) is 15.5 Å². The zero-order valence-corrected chi connectivity index (χ0v) is 17.0. The van der Waals surface area contributed by atoms with Crippen LogP contribution in [-0.2, 0) is 24.0 Å². The van der Waals surface area contributed by atoms with Crippen LogP contribution in [0.4, 0.5) is 0 Å². The number of rotatable bonds is 11. The van der Waals surface area contributed by atoms with Gasteiger partial charge >= 0.3 is 11.9 Å². The average Bonchev–Trinajstić information content (AvgIpc) is 3.19. The smallest absolute Gasteiger partial charge is 0.326 e. The quantitative estimate of drug-likeness (QED) is 0.212. The first-order valence-corrected chi connectivity index (χ1v) is 9.75. The lowest BCUT2D eigenvalue weighted by Gasteiger charge is -2.29. The maximum absolute atomic E-state index is 12.8. The number of carboxylic acid groups (broad SMARTS) is 2. The second kappa shape index (κ2) is 11.5. The van der Waals surface area contributed by atoms with Gasteiger partial charge in [-0.3, -0.25) is 19.2 Å². The van der Waals surface area contributed by atoms with Crippen molar-refractivity contribution in [3.05, 3.63) is 0 Å². The number of carbonyl (C=O) groups is 5. The fourth-order valence-electron chi connectivity index (χ4n) is 3.17. The number of aliphatic hydroxyl groups is 1. The summed E-state index contributed by atoms with van der Waals surface area (Å²) in [5, 5.41) is 32.2. The third-order valence-electron chi connectivity index (χ3n) is 5.14. The van der Waals surface area contributed by atoms with Crippen molar-refractivity contribution >= 4 is 29.7 Å². The Bertz CT molecular complexity index is 671. The fraction of sp³-hybridized carbons (Fsp3) is 0.722. The molecule has 1 aliphatic heterocycles. The molecule has 170 valence electrons. The maximum Gasteiger partial charge on any atom is 0.326 e. The van der Waals surface area contributed by atoms with Gasteiger partial charge < -0.3 is 36.6 Å². The van der Waals surface area contributed by atoms with Crippen LogP contribution < -0.4 is 16.4 Å². The van der Waals surface area contributed by atoms with E-state index in [0.29, 0.717) is 12.8 Å². The molecular formula is C18H30N4O8. The third kappa shape index (κ3) is 6.66. The van der Waals surface area contributed by atoms with E-state index in [4.69, 9.17) is 15.9 Å². The summed E-state index contributed by atoms with van der Waals surface area (Å²) in [4.78, 5) is 61.3. The number of nitrogens with one attached hydrogen (secondary N) is 2. The number of nitrogens with two attached hydrogens (primary N) is 1. The van der Waals surface area contributed by atoms with Gasteiger partial charge in [0.2, 0.25) is 17.7 Å². The first-order valence-electron chi connectivity index (χ1n) is 9.75. The van der Waals surface area contributed by atoms with Crippen LogP contribution in [0.15, 0.2) is 0 Å². The number of aliphatic hydroxyl groups excluding tert-OH is 1. The summed E-state index contributed by atoms with van der Waals surface area (Å²) in [5.41, 5.74) is 5.46. The van der Waals surface area contributed by atoms with Gasteiger partial charge in [-0.05, 0) is 18.8 Å². The second-order valence-electron chi connectivity index (χ2n) is 7.35. The molecule has 12 nitrogen and oxygen atoms in total. The average molecular weight is 430 g/mol. The molecular weight excluding hydrogens is 400 g/mol. The van der Waals surface area contributed by atoms with Crippen molar-refractivity contribution in [1.29, 1.82) is 0 Å². The highest BCUT2D eigenvalue weighted by Crippen LogP contribution is 2.19. The van der Waals surface area contributed by atoms with Gasteiger partial charge in [-0.1, -0.05) is 20.3 Å². The van der Waals surface area contributed by atoms with Crippen LogP contribution >= 0.6 is 0 Å². The summed E-state index contributed by atoms with van der Waals surface area (Å²) >= 11 is 0. The molecule has 30 heavy (non-hydrogen) atoms. The number of carboxylic acids is 2. The van der Waals surface area contributed by atoms with Crippen LogP contribution in [0.1, 0.15) is 39.5 Å². The Morgan fingerprint density at radius 3 is 2.27 bits per heavy atom. The molecule has 0 saturated carbocycles. The Labute approximate surface area is 173 Å². The summed E-state index contributed by atoms with van der Waals surface area (Å²) < 4.78 is 0. The highest BCUT2D eigenvalue weighted by Gasteiger charge is 2.39. The zero-order chi connectivity index (χ0) is 23.0. The van der Waals surface area contributed by atoms with Crippen LogP contribution in [-0.4, -0.2) is 87.2 Å². The standard InChI is InChI=1S/C18H30N4O8/c1-3-9(2)14(21-15(26)10(19)8-23)16(27)20-11(7-13(24)25)17(28)22-6-4-5-12(22)18(29)30/h9-12,14,23H,3-8,19H2,1-2H3,(H,20,27)(H,21,26)(H,24,25)(H,29,30). The molecule has 0 aromatic heterocycles. The number of amides is 3. The molecule has 0 spiro atoms. The van der Waals surface area contributed by atoms with Crippen LogP contribution in [0.3, 0.4) is 0 Å². The van der Waals surface area contributed by atoms with E-state index >= 15 is 0 Å². The van der Waals surface area contributed by atoms with Crippen LogP contribution in [0.2, 0.25) is 0 Å². The Balaban J connectivity index is 3.03. The Morgan fingerprint density at radius 2 is 1.77 bits per heavy atom. The molecule has 7 N–H and O–H groups in total. The van der Waals surface area contributed by atoms with Crippen molar-refractivity contribution in [2.45, 2.75) is 63.7 Å². The molecule has 12 heteroatoms. The predicted molar refractivity (Wildman–Crippen MR) is 103 cm³/mol. The molecule has 0 aromatic rings. The zero-order valence-electron chi connectivity index (χ0n) is 17.0. The van der Waals surface area contributed by atoms with Gasteiger partial charge in [0, 0.05) is 6.54 Å². The molecule has 1 rings (SSSR count). The molecule has 1 saturated heterocycles. The molecule has 1 fully saturated rings. The van der Waals surface area contributed by atoms with E-state index < -0.39 is 66.9 Å². The lowest BCUT2D eigenvalue weighted by molar-refractivity contribution is -0.150. The van der Waals surface area contributed by atoms with Gasteiger partial charge in [0.15, 0.2) is 0 Å². The third-order valence-corrected chi connectivity index (χ3v) is 5.14. The molecule has 5 unspecified atom stereocenters. The van der Waals surface area contributed by atoms with Gasteiger partial charge in [-0.25, -0.2) is 4.79 Å². The van der Waals surface area contributed by atoms with E-state index in [-0.39, 0.29) is 18.9 Å². The minimum absolute atomic E-state index is 0.138. The Morgan fingerprint density at radius 1 is 1.13 bits per heavy atom. The van der Waals surface area contributed by atoms with Crippen molar-refractivity contribution in [3.63, 3.8) is 0 Å². The first kappa shape index (κ1) is 25.3. The second-order valence-corrected chi connectivity index (χ2v) is 7.35. The first-order chi connectivity index (χ1) is 14.0. The van der Waals surface area contributed by atoms with Crippen molar-refractivity contribution in [3.8, 4) is 0 Å². The number of carbonyl (C=O) groups excluding carboxylic acids is 3. The van der Waals surface area contributed by atoms with Gasteiger partial charge in [0.05, 0.1) is 13.0 Å². The Kier molecular flexibility index (Phi) is 9.66. The lowest BCUT2D eigenvalue weighted by Crippen LogP contribution is -2.59. The van der Waals surface area contributed by atoms with Gasteiger partial charge in [0.1, 0.15) is 24.2 Å². The van der Waals surface area contributed by atoms with E-state index in [1.54, 1.807) is 13.8 Å². The number of nitrogens with zero attached hydrogens (tertiary/aromatic N) is 1. The SMILES string of the molecule is CCC(C)C(NC(=O)C(N)CO)C(=O)NC(CC(=O)O)C(=O)N1CCCC1C(=O)O. The van der Waals surface area contributed by atoms with E-state index in [1.165, 1.54) is 0 Å². The van der Waals surface area contributed by atoms with E-state index in [2.05, 4.69) is 10.6 Å². The normalized spacial score (nSPS) is 20.0. The molecule has 0 aliphatic carbocycles. The molecule has 0 bridgehead atoms. The number of hydrogen-bond acceptors (Lipinski definition) is 7. The lowest BCUT2D eigenvalue weighted by atomic mass is 9.97. The fourth-order valence-corrected chi connectivity index (χ4v) is 3.17. The van der Waals surface area contributed by atoms with Gasteiger partial charge in [0.25, 0.3) is 0 Å². The number of aliphatic carboxylic acids is 2. The molecule has 1 aliphatic rings. The number of hydrogen-bond donors (Lipinski definition) is 6. The van der Waals surface area contributed by atoms with Crippen LogP contribution in [0, 0.1) is 5.92 Å².